The number of aromatic nitrogens is 2. The highest BCUT2D eigenvalue weighted by molar-refractivity contribution is 5.51. The first-order valence-electron chi connectivity index (χ1n) is 8.60. The Hall–Kier alpha value is -2.27. The van der Waals surface area contributed by atoms with E-state index < -0.39 is 0 Å². The predicted octanol–water partition coefficient (Wildman–Crippen LogP) is 2.93. The van der Waals surface area contributed by atoms with E-state index >= 15 is 0 Å². The van der Waals surface area contributed by atoms with Crippen LogP contribution in [0.4, 0.5) is 5.95 Å². The first-order valence-corrected chi connectivity index (χ1v) is 8.60. The van der Waals surface area contributed by atoms with Gasteiger partial charge in [0.2, 0.25) is 5.95 Å². The molecule has 1 aliphatic heterocycles. The van der Waals surface area contributed by atoms with Gasteiger partial charge < -0.3 is 10.1 Å². The average molecular weight is 324 g/mol. The largest absolute Gasteiger partial charge is 0.354 e. The van der Waals surface area contributed by atoms with Gasteiger partial charge >= 0.3 is 0 Å². The molecule has 1 unspecified atom stereocenters. The minimum Gasteiger partial charge on any atom is -0.354 e. The van der Waals surface area contributed by atoms with Crippen LogP contribution in [0.3, 0.4) is 0 Å². The van der Waals surface area contributed by atoms with Gasteiger partial charge in [-0.1, -0.05) is 30.3 Å². The van der Waals surface area contributed by atoms with Crippen molar-refractivity contribution in [2.24, 2.45) is 5.92 Å². The number of nitrogens with zero attached hydrogens (tertiary/aromatic N) is 3. The van der Waals surface area contributed by atoms with E-state index in [1.807, 2.05) is 24.3 Å². The fourth-order valence-electron chi connectivity index (χ4n) is 3.36. The van der Waals surface area contributed by atoms with Crippen LogP contribution in [0.5, 0.6) is 0 Å². The highest BCUT2D eigenvalue weighted by Gasteiger charge is 2.25. The van der Waals surface area contributed by atoms with Gasteiger partial charge in [-0.3, -0.25) is 4.90 Å². The minimum absolute atomic E-state index is 0.204. The second-order valence-corrected chi connectivity index (χ2v) is 6.26. The molecule has 1 fully saturated rings. The number of piperidine rings is 1. The maximum Gasteiger partial charge on any atom is 0.222 e. The Morgan fingerprint density at radius 3 is 2.50 bits per heavy atom. The van der Waals surface area contributed by atoms with Gasteiger partial charge in [-0.25, -0.2) is 9.97 Å². The second-order valence-electron chi connectivity index (χ2n) is 6.26. The van der Waals surface area contributed by atoms with E-state index in [1.54, 1.807) is 12.4 Å². The summed E-state index contributed by atoms with van der Waals surface area (Å²) in [6, 6.07) is 12.4. The highest BCUT2D eigenvalue weighted by Crippen LogP contribution is 2.28. The molecule has 126 valence electrons. The zero-order valence-electron chi connectivity index (χ0n) is 13.8. The summed E-state index contributed by atoms with van der Waals surface area (Å²) in [7, 11) is 0. The number of benzene rings is 1. The maximum atomic E-state index is 11.1. The van der Waals surface area contributed by atoms with Crippen molar-refractivity contribution < 1.29 is 4.79 Å². The number of rotatable bonds is 7. The van der Waals surface area contributed by atoms with E-state index in [0.29, 0.717) is 18.3 Å². The third-order valence-electron chi connectivity index (χ3n) is 4.71. The van der Waals surface area contributed by atoms with Crippen LogP contribution >= 0.6 is 0 Å². The van der Waals surface area contributed by atoms with Gasteiger partial charge in [0.15, 0.2) is 0 Å². The molecule has 0 amide bonds. The molecular weight excluding hydrogens is 300 g/mol. The lowest BCUT2D eigenvalue weighted by molar-refractivity contribution is -0.109. The molecule has 1 saturated heterocycles. The SMILES string of the molecule is O=CCC(c1ccccc1)N1CCC(CNc2ncccn2)CC1. The monoisotopic (exact) mass is 324 g/mol. The first-order chi connectivity index (χ1) is 11.9. The van der Waals surface area contributed by atoms with E-state index in [0.717, 1.165) is 38.8 Å². The number of aldehydes is 1. The molecular formula is C19H24N4O. The summed E-state index contributed by atoms with van der Waals surface area (Å²) in [6.45, 7) is 2.95. The van der Waals surface area contributed by atoms with Crippen LogP contribution in [0, 0.1) is 5.92 Å². The predicted molar refractivity (Wildman–Crippen MR) is 94.7 cm³/mol. The van der Waals surface area contributed by atoms with Crippen molar-refractivity contribution in [1.82, 2.24) is 14.9 Å². The summed E-state index contributed by atoms with van der Waals surface area (Å²) < 4.78 is 0. The van der Waals surface area contributed by atoms with Gasteiger partial charge in [0.05, 0.1) is 0 Å². The van der Waals surface area contributed by atoms with Crippen molar-refractivity contribution in [3.05, 3.63) is 54.4 Å². The molecule has 1 atom stereocenters. The highest BCUT2D eigenvalue weighted by atomic mass is 16.1. The summed E-state index contributed by atoms with van der Waals surface area (Å²) in [5.74, 6) is 1.32. The molecule has 1 aliphatic rings. The third-order valence-corrected chi connectivity index (χ3v) is 4.71. The van der Waals surface area contributed by atoms with Gasteiger partial charge in [0.1, 0.15) is 6.29 Å². The number of hydrogen-bond donors (Lipinski definition) is 1. The Morgan fingerprint density at radius 1 is 1.12 bits per heavy atom. The van der Waals surface area contributed by atoms with Crippen LogP contribution < -0.4 is 5.32 Å². The fraction of sp³-hybridized carbons (Fsp3) is 0.421. The fourth-order valence-corrected chi connectivity index (χ4v) is 3.36. The molecule has 0 aliphatic carbocycles. The zero-order valence-corrected chi connectivity index (χ0v) is 13.8. The van der Waals surface area contributed by atoms with Gasteiger partial charge in [-0.05, 0) is 43.5 Å². The quantitative estimate of drug-likeness (QED) is 0.794. The average Bonchev–Trinajstić information content (AvgIpc) is 2.66. The van der Waals surface area contributed by atoms with Crippen LogP contribution in [0.25, 0.3) is 0 Å². The molecule has 1 aromatic heterocycles. The molecule has 1 N–H and O–H groups in total. The molecule has 0 spiro atoms. The van der Waals surface area contributed by atoms with E-state index in [-0.39, 0.29) is 6.04 Å². The maximum absolute atomic E-state index is 11.1. The molecule has 0 radical (unpaired) electrons. The van der Waals surface area contributed by atoms with Crippen molar-refractivity contribution >= 4 is 12.2 Å². The number of nitrogens with one attached hydrogen (secondary N) is 1. The Kier molecular flexibility index (Phi) is 5.90. The van der Waals surface area contributed by atoms with Gasteiger partial charge in [-0.2, -0.15) is 0 Å². The first kappa shape index (κ1) is 16.6. The molecule has 24 heavy (non-hydrogen) atoms. The number of likely N-dealkylation sites (tertiary alicyclic amines) is 1. The number of carbonyl (C=O) groups is 1. The smallest absolute Gasteiger partial charge is 0.222 e. The summed E-state index contributed by atoms with van der Waals surface area (Å²) in [5.41, 5.74) is 1.24. The third kappa shape index (κ3) is 4.38. The van der Waals surface area contributed by atoms with Crippen LogP contribution in [-0.4, -0.2) is 40.8 Å². The topological polar surface area (TPSA) is 58.1 Å². The van der Waals surface area contributed by atoms with Crippen molar-refractivity contribution in [3.63, 3.8) is 0 Å². The molecule has 3 rings (SSSR count). The Balaban J connectivity index is 1.52. The molecule has 2 heterocycles. The number of anilines is 1. The van der Waals surface area contributed by atoms with Crippen molar-refractivity contribution in [2.75, 3.05) is 25.0 Å². The van der Waals surface area contributed by atoms with E-state index in [9.17, 15) is 4.79 Å². The van der Waals surface area contributed by atoms with Gasteiger partial charge in [0.25, 0.3) is 0 Å². The zero-order chi connectivity index (χ0) is 16.6. The normalized spacial score (nSPS) is 17.3. The minimum atomic E-state index is 0.204. The van der Waals surface area contributed by atoms with Crippen LogP contribution in [0.2, 0.25) is 0 Å². The lowest BCUT2D eigenvalue weighted by atomic mass is 9.93. The Labute approximate surface area is 143 Å². The molecule has 5 heteroatoms. The van der Waals surface area contributed by atoms with E-state index in [4.69, 9.17) is 0 Å². The second kappa shape index (κ2) is 8.55. The summed E-state index contributed by atoms with van der Waals surface area (Å²) in [4.78, 5) is 21.9. The van der Waals surface area contributed by atoms with Gasteiger partial charge in [-0.15, -0.1) is 0 Å². The molecule has 0 saturated carbocycles. The summed E-state index contributed by atoms with van der Waals surface area (Å²) in [6.07, 6.45) is 7.36. The summed E-state index contributed by atoms with van der Waals surface area (Å²) >= 11 is 0. The lowest BCUT2D eigenvalue weighted by Gasteiger charge is -2.37. The van der Waals surface area contributed by atoms with Crippen LogP contribution in [-0.2, 0) is 4.79 Å². The number of hydrogen-bond acceptors (Lipinski definition) is 5. The Morgan fingerprint density at radius 2 is 1.83 bits per heavy atom. The van der Waals surface area contributed by atoms with Crippen molar-refractivity contribution in [2.45, 2.75) is 25.3 Å². The van der Waals surface area contributed by atoms with Gasteiger partial charge in [0, 0.05) is 31.4 Å². The van der Waals surface area contributed by atoms with Crippen molar-refractivity contribution in [1.29, 1.82) is 0 Å². The molecule has 0 bridgehead atoms. The lowest BCUT2D eigenvalue weighted by Crippen LogP contribution is -2.38. The molecule has 5 nitrogen and oxygen atoms in total. The molecule has 1 aromatic carbocycles. The van der Waals surface area contributed by atoms with Crippen LogP contribution in [0.1, 0.15) is 30.9 Å². The van der Waals surface area contributed by atoms with Crippen molar-refractivity contribution in [3.8, 4) is 0 Å². The van der Waals surface area contributed by atoms with E-state index in [2.05, 4.69) is 32.3 Å². The van der Waals surface area contributed by atoms with E-state index in [1.165, 1.54) is 5.56 Å². The standard InChI is InChI=1S/C19H24N4O/c24-14-9-18(17-5-2-1-3-6-17)23-12-7-16(8-13-23)15-22-19-20-10-4-11-21-19/h1-6,10-11,14,16,18H,7-9,12-13,15H2,(H,20,21,22). The Bertz CT molecular complexity index is 612. The molecule has 2 aromatic rings. The number of carbonyl (C=O) groups excluding carboxylic acids is 1. The van der Waals surface area contributed by atoms with Crippen LogP contribution in [0.15, 0.2) is 48.8 Å². The summed E-state index contributed by atoms with van der Waals surface area (Å²) in [5, 5.41) is 3.32.